The molecule has 1 aromatic rings. The fourth-order valence-electron chi connectivity index (χ4n) is 5.23. The number of nitrogens with one attached hydrogen (secondary N) is 2. The molecule has 0 atom stereocenters. The minimum Gasteiger partial charge on any atom is -0.356 e. The highest BCUT2D eigenvalue weighted by Crippen LogP contribution is 2.35. The highest BCUT2D eigenvalue weighted by Gasteiger charge is 2.52. The summed E-state index contributed by atoms with van der Waals surface area (Å²) in [5.41, 5.74) is 0.485. The second-order valence-corrected chi connectivity index (χ2v) is 9.46. The van der Waals surface area contributed by atoms with Gasteiger partial charge < -0.3 is 15.5 Å². The number of nitrogens with zero attached hydrogens (tertiary/aromatic N) is 2. The Morgan fingerprint density at radius 1 is 1.06 bits per heavy atom. The molecule has 8 heteroatoms. The van der Waals surface area contributed by atoms with E-state index in [0.29, 0.717) is 51.9 Å². The van der Waals surface area contributed by atoms with E-state index in [4.69, 9.17) is 0 Å². The summed E-state index contributed by atoms with van der Waals surface area (Å²) in [7, 11) is 0. The van der Waals surface area contributed by atoms with Crippen LogP contribution in [0, 0.1) is 5.92 Å². The average Bonchev–Trinajstić information content (AvgIpc) is 3.40. The molecule has 2 saturated heterocycles. The van der Waals surface area contributed by atoms with Crippen LogP contribution in [-0.2, 0) is 20.8 Å². The lowest BCUT2D eigenvalue weighted by Gasteiger charge is -2.31. The summed E-state index contributed by atoms with van der Waals surface area (Å²) in [5.74, 6) is -0.0653. The summed E-state index contributed by atoms with van der Waals surface area (Å²) >= 11 is 0. The van der Waals surface area contributed by atoms with Crippen LogP contribution in [0.4, 0.5) is 4.79 Å². The first-order valence-electron chi connectivity index (χ1n) is 12.2. The van der Waals surface area contributed by atoms with Gasteiger partial charge in [-0.15, -0.1) is 0 Å². The van der Waals surface area contributed by atoms with Crippen LogP contribution in [0.3, 0.4) is 0 Å². The van der Waals surface area contributed by atoms with Gasteiger partial charge in [-0.3, -0.25) is 19.3 Å². The van der Waals surface area contributed by atoms with Gasteiger partial charge in [-0.1, -0.05) is 43.2 Å². The first-order chi connectivity index (χ1) is 16.0. The van der Waals surface area contributed by atoms with Gasteiger partial charge in [-0.05, 0) is 44.1 Å². The van der Waals surface area contributed by atoms with E-state index in [2.05, 4.69) is 10.6 Å². The number of hydrogen-bond acceptors (Lipinski definition) is 4. The Labute approximate surface area is 195 Å². The van der Waals surface area contributed by atoms with Crippen LogP contribution in [0.2, 0.25) is 0 Å². The largest absolute Gasteiger partial charge is 0.356 e. The van der Waals surface area contributed by atoms with E-state index in [-0.39, 0.29) is 29.7 Å². The Hall–Kier alpha value is -2.90. The third-order valence-electron chi connectivity index (χ3n) is 7.25. The molecular formula is C25H34N4O4. The van der Waals surface area contributed by atoms with Gasteiger partial charge in [0.1, 0.15) is 5.54 Å². The number of imide groups is 1. The first kappa shape index (κ1) is 23.3. The molecule has 0 aromatic heterocycles. The van der Waals surface area contributed by atoms with Crippen molar-refractivity contribution in [1.29, 1.82) is 0 Å². The molecule has 5 amide bonds. The average molecular weight is 455 g/mol. The Morgan fingerprint density at radius 3 is 2.45 bits per heavy atom. The van der Waals surface area contributed by atoms with Crippen molar-refractivity contribution in [3.63, 3.8) is 0 Å². The minimum atomic E-state index is -0.674. The van der Waals surface area contributed by atoms with Crippen molar-refractivity contribution in [1.82, 2.24) is 20.4 Å². The highest BCUT2D eigenvalue weighted by atomic mass is 16.2. The Kier molecular flexibility index (Phi) is 7.30. The topological polar surface area (TPSA) is 98.8 Å². The number of aryl methyl sites for hydroxylation is 1. The lowest BCUT2D eigenvalue weighted by Crippen LogP contribution is -2.44. The quantitative estimate of drug-likeness (QED) is 0.465. The third-order valence-corrected chi connectivity index (χ3v) is 7.25. The van der Waals surface area contributed by atoms with E-state index in [1.54, 1.807) is 0 Å². The molecule has 0 radical (unpaired) electrons. The minimum absolute atomic E-state index is 0.00384. The zero-order valence-electron chi connectivity index (χ0n) is 19.2. The summed E-state index contributed by atoms with van der Waals surface area (Å²) < 4.78 is 0. The van der Waals surface area contributed by atoms with Gasteiger partial charge in [-0.2, -0.15) is 0 Å². The Bertz CT molecular complexity index is 874. The predicted octanol–water partition coefficient (Wildman–Crippen LogP) is 2.23. The summed E-state index contributed by atoms with van der Waals surface area (Å²) in [6.07, 6.45) is 6.47. The molecule has 0 unspecified atom stereocenters. The molecule has 3 fully saturated rings. The molecule has 1 aromatic carbocycles. The molecular weight excluding hydrogens is 420 g/mol. The normalized spacial score (nSPS) is 20.4. The summed E-state index contributed by atoms with van der Waals surface area (Å²) in [5, 5.41) is 5.83. The number of amides is 5. The Balaban J connectivity index is 1.12. The maximum absolute atomic E-state index is 12.7. The zero-order chi connectivity index (χ0) is 23.3. The maximum atomic E-state index is 12.7. The van der Waals surface area contributed by atoms with Crippen LogP contribution in [0.1, 0.15) is 56.9 Å². The second kappa shape index (κ2) is 10.4. The van der Waals surface area contributed by atoms with Gasteiger partial charge in [0, 0.05) is 38.5 Å². The monoisotopic (exact) mass is 454 g/mol. The number of piperidine rings is 1. The molecule has 8 nitrogen and oxygen atoms in total. The molecule has 3 aliphatic rings. The molecule has 2 N–H and O–H groups in total. The van der Waals surface area contributed by atoms with Crippen molar-refractivity contribution in [2.24, 2.45) is 5.92 Å². The Morgan fingerprint density at radius 2 is 1.76 bits per heavy atom. The van der Waals surface area contributed by atoms with Crippen LogP contribution >= 0.6 is 0 Å². The highest BCUT2D eigenvalue weighted by molar-refractivity contribution is 6.07. The van der Waals surface area contributed by atoms with Gasteiger partial charge in [0.25, 0.3) is 5.91 Å². The smallest absolute Gasteiger partial charge is 0.325 e. The van der Waals surface area contributed by atoms with Crippen molar-refractivity contribution in [3.8, 4) is 0 Å². The van der Waals surface area contributed by atoms with Crippen LogP contribution in [0.15, 0.2) is 30.3 Å². The first-order valence-corrected chi connectivity index (χ1v) is 12.2. The molecule has 33 heavy (non-hydrogen) atoms. The van der Waals surface area contributed by atoms with Crippen molar-refractivity contribution >= 4 is 23.8 Å². The van der Waals surface area contributed by atoms with Gasteiger partial charge in [-0.25, -0.2) is 4.79 Å². The lowest BCUT2D eigenvalue weighted by molar-refractivity contribution is -0.135. The van der Waals surface area contributed by atoms with Crippen molar-refractivity contribution in [2.45, 2.75) is 63.3 Å². The number of carbonyl (C=O) groups excluding carboxylic acids is 4. The van der Waals surface area contributed by atoms with Gasteiger partial charge in [0.05, 0.1) is 0 Å². The molecule has 4 rings (SSSR count). The van der Waals surface area contributed by atoms with Crippen LogP contribution in [0.25, 0.3) is 0 Å². The van der Waals surface area contributed by atoms with Crippen molar-refractivity contribution < 1.29 is 19.2 Å². The number of carbonyl (C=O) groups is 4. The molecule has 178 valence electrons. The van der Waals surface area contributed by atoms with Crippen LogP contribution in [0.5, 0.6) is 0 Å². The van der Waals surface area contributed by atoms with E-state index >= 15 is 0 Å². The standard InChI is InChI=1S/C25H34N4O4/c30-21(10-9-19-7-2-1-3-8-19)28-17-11-20(12-18-28)22(31)26-15-6-16-29-23(32)25(27-24(29)33)13-4-5-14-25/h1-3,7-8,20H,4-6,9-18H2,(H,26,31)(H,27,33). The van der Waals surface area contributed by atoms with Crippen LogP contribution < -0.4 is 10.6 Å². The summed E-state index contributed by atoms with van der Waals surface area (Å²) in [4.78, 5) is 53.1. The van der Waals surface area contributed by atoms with Gasteiger partial charge in [0.15, 0.2) is 0 Å². The fourth-order valence-corrected chi connectivity index (χ4v) is 5.23. The van der Waals surface area contributed by atoms with E-state index < -0.39 is 5.54 Å². The lowest BCUT2D eigenvalue weighted by atomic mass is 9.95. The number of likely N-dealkylation sites (tertiary alicyclic amines) is 1. The van der Waals surface area contributed by atoms with E-state index in [0.717, 1.165) is 37.7 Å². The van der Waals surface area contributed by atoms with E-state index in [9.17, 15) is 19.2 Å². The molecule has 1 saturated carbocycles. The number of urea groups is 1. The SMILES string of the molecule is O=C(NCCCN1C(=O)NC2(CCCC2)C1=O)C1CCN(C(=O)CCc2ccccc2)CC1. The number of hydrogen-bond donors (Lipinski definition) is 2. The van der Waals surface area contributed by atoms with Gasteiger partial charge in [0.2, 0.25) is 11.8 Å². The molecule has 2 aliphatic heterocycles. The van der Waals surface area contributed by atoms with Gasteiger partial charge >= 0.3 is 6.03 Å². The molecule has 0 bridgehead atoms. The number of rotatable bonds is 8. The zero-order valence-corrected chi connectivity index (χ0v) is 19.2. The maximum Gasteiger partial charge on any atom is 0.325 e. The van der Waals surface area contributed by atoms with Crippen molar-refractivity contribution in [3.05, 3.63) is 35.9 Å². The van der Waals surface area contributed by atoms with Crippen LogP contribution in [-0.4, -0.2) is 65.3 Å². The summed E-state index contributed by atoms with van der Waals surface area (Å²) in [6.45, 7) is 1.96. The number of benzene rings is 1. The predicted molar refractivity (Wildman–Crippen MR) is 123 cm³/mol. The van der Waals surface area contributed by atoms with E-state index in [1.165, 1.54) is 4.90 Å². The molecule has 1 spiro atoms. The fraction of sp³-hybridized carbons (Fsp3) is 0.600. The van der Waals surface area contributed by atoms with E-state index in [1.807, 2.05) is 35.2 Å². The third kappa shape index (κ3) is 5.37. The molecule has 1 aliphatic carbocycles. The summed E-state index contributed by atoms with van der Waals surface area (Å²) in [6, 6.07) is 9.68. The second-order valence-electron chi connectivity index (χ2n) is 9.46. The van der Waals surface area contributed by atoms with Crippen molar-refractivity contribution in [2.75, 3.05) is 26.2 Å². The molecule has 2 heterocycles.